The number of halogens is 3. The molecule has 2 saturated carbocycles. The van der Waals surface area contributed by atoms with Crippen LogP contribution < -0.4 is 5.32 Å². The van der Waals surface area contributed by atoms with Gasteiger partial charge in [-0.05, 0) is 75.6 Å². The number of rotatable bonds is 8. The molecule has 5 aromatic rings. The Morgan fingerprint density at radius 1 is 1.10 bits per heavy atom. The quantitative estimate of drug-likeness (QED) is 0.175. The number of fused-ring (bicyclic) bond motifs is 4. The van der Waals surface area contributed by atoms with Crippen LogP contribution in [-0.4, -0.2) is 54.3 Å². The van der Waals surface area contributed by atoms with Crippen LogP contribution in [0, 0.1) is 54.2 Å². The Morgan fingerprint density at radius 3 is 2.63 bits per heavy atom. The lowest BCUT2D eigenvalue weighted by atomic mass is 9.79. The molecule has 5 unspecified atom stereocenters. The molecule has 3 saturated heterocycles. The normalized spacial score (nSPS) is 23.7. The lowest BCUT2D eigenvalue weighted by Crippen LogP contribution is -2.41. The predicted octanol–water partition coefficient (Wildman–Crippen LogP) is 7.49. The van der Waals surface area contributed by atoms with Crippen LogP contribution in [0.5, 0.6) is 0 Å². The smallest absolute Gasteiger partial charge is 0.226 e. The minimum absolute atomic E-state index is 0.0179. The summed E-state index contributed by atoms with van der Waals surface area (Å²) >= 11 is 13.1. The molecule has 3 aromatic heterocycles. The maximum Gasteiger partial charge on any atom is 0.226 e. The van der Waals surface area contributed by atoms with Crippen molar-refractivity contribution >= 4 is 50.9 Å². The number of nitrogens with zero attached hydrogens (tertiary/aromatic N) is 8. The molecule has 10 rings (SSSR count). The minimum atomic E-state index is -0.495. The van der Waals surface area contributed by atoms with E-state index in [-0.39, 0.29) is 59.4 Å². The molecule has 13 heteroatoms. The highest BCUT2D eigenvalue weighted by Crippen LogP contribution is 2.52. The van der Waals surface area contributed by atoms with E-state index in [0.717, 1.165) is 48.2 Å². The van der Waals surface area contributed by atoms with E-state index >= 15 is 4.39 Å². The van der Waals surface area contributed by atoms with E-state index in [1.54, 1.807) is 18.2 Å². The molecule has 2 aromatic carbocycles. The first-order valence-electron chi connectivity index (χ1n) is 18.0. The van der Waals surface area contributed by atoms with Crippen molar-refractivity contribution in [2.75, 3.05) is 13.1 Å². The number of aromatic nitrogens is 5. The van der Waals surface area contributed by atoms with Gasteiger partial charge in [-0.3, -0.25) is 4.79 Å². The average Bonchev–Trinajstić information content (AvgIpc) is 3.53. The van der Waals surface area contributed by atoms with Crippen LogP contribution in [-0.2, 0) is 17.6 Å². The second-order valence-corrected chi connectivity index (χ2v) is 15.6. The molecular weight excluding hydrogens is 700 g/mol. The molecule has 0 spiro atoms. The summed E-state index contributed by atoms with van der Waals surface area (Å²) in [5.74, 6) is 1.27. The van der Waals surface area contributed by atoms with E-state index in [9.17, 15) is 15.3 Å². The molecule has 2 bridgehead atoms. The molecule has 10 nitrogen and oxygen atoms in total. The van der Waals surface area contributed by atoms with Gasteiger partial charge in [-0.1, -0.05) is 35.3 Å². The highest BCUT2D eigenvalue weighted by molar-refractivity contribution is 6.43. The summed E-state index contributed by atoms with van der Waals surface area (Å²) in [6, 6.07) is 13.7. The molecule has 1 N–H and O–H groups in total. The van der Waals surface area contributed by atoms with Crippen molar-refractivity contribution in [3.63, 3.8) is 0 Å². The summed E-state index contributed by atoms with van der Waals surface area (Å²) in [6.07, 6.45) is 4.10. The van der Waals surface area contributed by atoms with E-state index in [4.69, 9.17) is 33.3 Å². The van der Waals surface area contributed by atoms with E-state index in [1.165, 1.54) is 0 Å². The molecule has 52 heavy (non-hydrogen) atoms. The second kappa shape index (κ2) is 12.5. The van der Waals surface area contributed by atoms with Crippen LogP contribution in [0.25, 0.3) is 32.9 Å². The first kappa shape index (κ1) is 33.3. The number of carbonyl (C=O) groups excluding carboxylic acids is 1. The van der Waals surface area contributed by atoms with Crippen LogP contribution in [0.1, 0.15) is 78.8 Å². The number of amides is 1. The number of likely N-dealkylation sites (tertiary alicyclic amines) is 1. The Hall–Kier alpha value is -4.55. The zero-order valence-electron chi connectivity index (χ0n) is 28.8. The maximum absolute atomic E-state index is 17.2. The molecule has 3 aliphatic heterocycles. The van der Waals surface area contributed by atoms with Gasteiger partial charge in [-0.2, -0.15) is 15.6 Å². The van der Waals surface area contributed by atoms with Gasteiger partial charge >= 0.3 is 0 Å². The summed E-state index contributed by atoms with van der Waals surface area (Å²) in [4.78, 5) is 25.6. The maximum atomic E-state index is 17.2. The highest BCUT2D eigenvalue weighted by atomic mass is 35.5. The molecule has 5 atom stereocenters. The first-order valence-corrected chi connectivity index (χ1v) is 18.7. The second-order valence-electron chi connectivity index (χ2n) is 14.8. The third kappa shape index (κ3) is 5.12. The zero-order chi connectivity index (χ0) is 36.0. The molecule has 264 valence electrons. The van der Waals surface area contributed by atoms with E-state index in [1.807, 2.05) is 29.5 Å². The van der Waals surface area contributed by atoms with Crippen molar-refractivity contribution < 1.29 is 9.18 Å². The largest absolute Gasteiger partial charge is 0.337 e. The first-order chi connectivity index (χ1) is 25.2. The third-order valence-corrected chi connectivity index (χ3v) is 12.5. The molecule has 6 heterocycles. The number of aryl methyl sites for hydroxylation is 3. The number of nitrogens with one attached hydrogen (secondary N) is 1. The van der Waals surface area contributed by atoms with Crippen molar-refractivity contribution in [1.29, 1.82) is 10.5 Å². The van der Waals surface area contributed by atoms with Crippen LogP contribution in [0.3, 0.4) is 0 Å². The molecule has 2 aliphatic carbocycles. The van der Waals surface area contributed by atoms with Crippen molar-refractivity contribution in [3.05, 3.63) is 74.8 Å². The van der Waals surface area contributed by atoms with Crippen molar-refractivity contribution in [3.8, 4) is 23.3 Å². The van der Waals surface area contributed by atoms with Gasteiger partial charge < -0.3 is 14.8 Å². The molecular formula is C39H36Cl2FN9O. The van der Waals surface area contributed by atoms with Gasteiger partial charge in [0.15, 0.2) is 11.6 Å². The van der Waals surface area contributed by atoms with Gasteiger partial charge in [-0.15, -0.1) is 0 Å². The lowest BCUT2D eigenvalue weighted by Gasteiger charge is -2.39. The van der Waals surface area contributed by atoms with Gasteiger partial charge in [0.2, 0.25) is 5.91 Å². The number of nitriles is 2. The number of pyridine rings is 1. The highest BCUT2D eigenvalue weighted by Gasteiger charge is 2.51. The minimum Gasteiger partial charge on any atom is -0.337 e. The topological polar surface area (TPSA) is 128 Å². The SMILES string of the molecule is Cc1nc2c(F)c(-c3cccc(Cl)c3Cl)c(CCC#N)cc2c2c1cc(C1CC(n3nc(CC#N)nc3C)CN1C(=O)C1CC1)n2C1C2CNC1C2. The Bertz CT molecular complexity index is 2390. The molecule has 0 radical (unpaired) electrons. The number of carbonyl (C=O) groups is 1. The van der Waals surface area contributed by atoms with Crippen LogP contribution in [0.15, 0.2) is 30.3 Å². The van der Waals surface area contributed by atoms with Gasteiger partial charge in [0, 0.05) is 64.8 Å². The fourth-order valence-corrected chi connectivity index (χ4v) is 9.52. The number of hydrogen-bond acceptors (Lipinski definition) is 7. The fourth-order valence-electron chi connectivity index (χ4n) is 9.13. The number of benzene rings is 2. The summed E-state index contributed by atoms with van der Waals surface area (Å²) in [5, 5.41) is 29.5. The van der Waals surface area contributed by atoms with Crippen LogP contribution in [0.2, 0.25) is 10.0 Å². The van der Waals surface area contributed by atoms with Crippen LogP contribution >= 0.6 is 23.2 Å². The summed E-state index contributed by atoms with van der Waals surface area (Å²) in [5.41, 5.74) is 4.28. The van der Waals surface area contributed by atoms with E-state index in [0.29, 0.717) is 63.9 Å². The Labute approximate surface area is 310 Å². The van der Waals surface area contributed by atoms with Gasteiger partial charge in [0.1, 0.15) is 11.3 Å². The molecule has 5 fully saturated rings. The van der Waals surface area contributed by atoms with Crippen LogP contribution in [0.4, 0.5) is 4.39 Å². The molecule has 5 aliphatic rings. The Balaban J connectivity index is 1.28. The zero-order valence-corrected chi connectivity index (χ0v) is 30.3. The number of hydrogen-bond donors (Lipinski definition) is 1. The van der Waals surface area contributed by atoms with Crippen molar-refractivity contribution in [2.45, 2.75) is 83.0 Å². The molecule has 1 amide bonds. The average molecular weight is 737 g/mol. The van der Waals surface area contributed by atoms with E-state index in [2.05, 4.69) is 33.1 Å². The third-order valence-electron chi connectivity index (χ3n) is 11.7. The monoisotopic (exact) mass is 735 g/mol. The van der Waals surface area contributed by atoms with Gasteiger partial charge in [0.05, 0.1) is 52.2 Å². The van der Waals surface area contributed by atoms with E-state index < -0.39 is 5.82 Å². The summed E-state index contributed by atoms with van der Waals surface area (Å²) < 4.78 is 21.5. The van der Waals surface area contributed by atoms with Gasteiger partial charge in [-0.25, -0.2) is 19.0 Å². The van der Waals surface area contributed by atoms with Gasteiger partial charge in [0.25, 0.3) is 0 Å². The Morgan fingerprint density at radius 2 is 1.92 bits per heavy atom. The lowest BCUT2D eigenvalue weighted by molar-refractivity contribution is -0.133. The predicted molar refractivity (Wildman–Crippen MR) is 195 cm³/mol. The fraction of sp³-hybridized carbons (Fsp3) is 0.436. The van der Waals surface area contributed by atoms with Crippen molar-refractivity contribution in [1.82, 2.24) is 34.5 Å². The standard InChI is InChI=1S/C39H36Cl2FN9O/c1-19-26-16-31(30-15-24(18-49(30)39(52)21-8-9-21)51-20(2)47-32(48-51)10-12-44)50(37-23-14-29(37)45-17-23)38(26)27-13-22(5-4-11-43)33(35(42)36(27)46-19)25-6-3-7-28(40)34(25)41/h3,6-7,13,16,21,23-24,29-30,37,45H,4-5,8-10,14-15,17-18H2,1-2H3. The summed E-state index contributed by atoms with van der Waals surface area (Å²) in [7, 11) is 0. The Kier molecular flexibility index (Phi) is 8.03. The van der Waals surface area contributed by atoms with Crippen molar-refractivity contribution in [2.24, 2.45) is 11.8 Å². The summed E-state index contributed by atoms with van der Waals surface area (Å²) in [6.45, 7) is 5.20.